The number of hydrogen-bond donors (Lipinski definition) is 2. The average molecular weight is 421 g/mol. The van der Waals surface area contributed by atoms with E-state index in [4.69, 9.17) is 4.74 Å². The molecule has 0 radical (unpaired) electrons. The summed E-state index contributed by atoms with van der Waals surface area (Å²) in [6.45, 7) is 22.3. The third-order valence-electron chi connectivity index (χ3n) is 8.33. The maximum Gasteiger partial charge on any atom is 0.312 e. The molecule has 3 heterocycles. The van der Waals surface area contributed by atoms with Gasteiger partial charge in [-0.15, -0.1) is 0 Å². The van der Waals surface area contributed by atoms with E-state index >= 15 is 0 Å². The standard InChI is InChI=1S/C24H42N2O2.C2H6/c1-16-17(2)23(6)11-10-18(16)15-26-20(19-9-8-12-25-14-19)13-24(23,7)21(27)28-22(3,4)5;1-2/h17,19-20,25-26H,8-15H2,1-7H3;1-2H3. The second-order valence-electron chi connectivity index (χ2n) is 11.1. The molecule has 2 N–H and O–H groups in total. The highest BCUT2D eigenvalue weighted by Crippen LogP contribution is 2.58. The topological polar surface area (TPSA) is 50.4 Å². The van der Waals surface area contributed by atoms with Crippen molar-refractivity contribution in [1.82, 2.24) is 10.6 Å². The molecule has 4 rings (SSSR count). The van der Waals surface area contributed by atoms with Crippen molar-refractivity contribution in [2.75, 3.05) is 19.6 Å². The monoisotopic (exact) mass is 420 g/mol. The van der Waals surface area contributed by atoms with E-state index in [2.05, 4.69) is 38.3 Å². The van der Waals surface area contributed by atoms with Crippen molar-refractivity contribution in [2.45, 2.75) is 106 Å². The molecule has 0 saturated carbocycles. The van der Waals surface area contributed by atoms with Gasteiger partial charge in [-0.3, -0.25) is 4.79 Å². The molecule has 0 aromatic heterocycles. The number of allylic oxidation sites excluding steroid dienone is 1. The molecule has 0 aromatic rings. The number of fused-ring (bicyclic) bond motifs is 6. The van der Waals surface area contributed by atoms with Crippen LogP contribution >= 0.6 is 0 Å². The first-order valence-electron chi connectivity index (χ1n) is 12.3. The molecule has 2 bridgehead atoms. The number of esters is 1. The lowest BCUT2D eigenvalue weighted by Crippen LogP contribution is -2.54. The lowest BCUT2D eigenvalue weighted by atomic mass is 9.52. The highest BCUT2D eigenvalue weighted by molar-refractivity contribution is 5.78. The number of rotatable bonds is 2. The SMILES string of the molecule is CC.CC1=C2CCC(C)(C1C)C(C)(C(=O)OC(C)(C)C)CC(C1CCCNC1)NC2. The van der Waals surface area contributed by atoms with Crippen molar-refractivity contribution in [2.24, 2.45) is 22.7 Å². The third-order valence-corrected chi connectivity index (χ3v) is 8.33. The summed E-state index contributed by atoms with van der Waals surface area (Å²) < 4.78 is 6.05. The summed E-state index contributed by atoms with van der Waals surface area (Å²) in [5.74, 6) is 0.953. The molecule has 2 fully saturated rings. The molecule has 1 aliphatic carbocycles. The van der Waals surface area contributed by atoms with Crippen LogP contribution < -0.4 is 10.6 Å². The molecular weight excluding hydrogens is 372 g/mol. The van der Waals surface area contributed by atoms with E-state index in [9.17, 15) is 4.79 Å². The zero-order valence-corrected chi connectivity index (χ0v) is 21.2. The normalized spacial score (nSPS) is 37.4. The van der Waals surface area contributed by atoms with Crippen LogP contribution in [0.15, 0.2) is 11.1 Å². The highest BCUT2D eigenvalue weighted by Gasteiger charge is 2.57. The summed E-state index contributed by atoms with van der Waals surface area (Å²) in [5, 5.41) is 7.47. The number of nitrogens with one attached hydrogen (secondary N) is 2. The van der Waals surface area contributed by atoms with Crippen molar-refractivity contribution >= 4 is 5.97 Å². The summed E-state index contributed by atoms with van der Waals surface area (Å²) in [6.07, 6.45) is 5.47. The van der Waals surface area contributed by atoms with Crippen LogP contribution in [0.25, 0.3) is 0 Å². The zero-order valence-electron chi connectivity index (χ0n) is 21.2. The van der Waals surface area contributed by atoms with Gasteiger partial charge in [0.25, 0.3) is 0 Å². The summed E-state index contributed by atoms with van der Waals surface area (Å²) in [7, 11) is 0. The Morgan fingerprint density at radius 3 is 2.43 bits per heavy atom. The van der Waals surface area contributed by atoms with Gasteiger partial charge in [-0.25, -0.2) is 0 Å². The van der Waals surface area contributed by atoms with Crippen molar-refractivity contribution in [3.8, 4) is 0 Å². The van der Waals surface area contributed by atoms with Crippen molar-refractivity contribution in [3.05, 3.63) is 11.1 Å². The van der Waals surface area contributed by atoms with Gasteiger partial charge in [0.2, 0.25) is 0 Å². The van der Waals surface area contributed by atoms with Gasteiger partial charge in [-0.05, 0) is 97.1 Å². The van der Waals surface area contributed by atoms with E-state index in [1.165, 1.54) is 18.4 Å². The van der Waals surface area contributed by atoms with E-state index < -0.39 is 11.0 Å². The largest absolute Gasteiger partial charge is 0.460 e. The van der Waals surface area contributed by atoms with Gasteiger partial charge in [-0.2, -0.15) is 0 Å². The average Bonchev–Trinajstić information content (AvgIpc) is 2.78. The van der Waals surface area contributed by atoms with E-state index in [1.807, 2.05) is 34.6 Å². The molecule has 5 unspecified atom stereocenters. The van der Waals surface area contributed by atoms with E-state index in [-0.39, 0.29) is 11.4 Å². The zero-order chi connectivity index (χ0) is 22.7. The molecule has 30 heavy (non-hydrogen) atoms. The maximum absolute atomic E-state index is 13.7. The maximum atomic E-state index is 13.7. The first kappa shape index (κ1) is 25.4. The molecule has 0 spiro atoms. The summed E-state index contributed by atoms with van der Waals surface area (Å²) in [4.78, 5) is 13.7. The summed E-state index contributed by atoms with van der Waals surface area (Å²) in [6, 6.07) is 0.343. The Kier molecular flexibility index (Phi) is 8.23. The molecule has 3 aliphatic heterocycles. The van der Waals surface area contributed by atoms with Crippen LogP contribution in [-0.2, 0) is 9.53 Å². The quantitative estimate of drug-likeness (QED) is 0.459. The smallest absolute Gasteiger partial charge is 0.312 e. The van der Waals surface area contributed by atoms with E-state index in [1.54, 1.807) is 5.57 Å². The number of hydrogen-bond acceptors (Lipinski definition) is 4. The number of carbonyl (C=O) groups is 1. The van der Waals surface area contributed by atoms with Gasteiger partial charge < -0.3 is 15.4 Å². The fraction of sp³-hybridized carbons (Fsp3) is 0.885. The fourth-order valence-electron chi connectivity index (χ4n) is 5.85. The van der Waals surface area contributed by atoms with Crippen LogP contribution in [0.5, 0.6) is 0 Å². The van der Waals surface area contributed by atoms with Crippen LogP contribution in [0.1, 0.15) is 94.4 Å². The lowest BCUT2D eigenvalue weighted by Gasteiger charge is -2.52. The first-order valence-corrected chi connectivity index (χ1v) is 12.3. The molecule has 5 atom stereocenters. The van der Waals surface area contributed by atoms with E-state index in [0.717, 1.165) is 38.9 Å². The van der Waals surface area contributed by atoms with Gasteiger partial charge in [0.05, 0.1) is 5.41 Å². The minimum absolute atomic E-state index is 0.0110. The number of ether oxygens (including phenoxy) is 1. The molecule has 0 amide bonds. The van der Waals surface area contributed by atoms with Crippen molar-refractivity contribution in [1.29, 1.82) is 0 Å². The highest BCUT2D eigenvalue weighted by atomic mass is 16.6. The summed E-state index contributed by atoms with van der Waals surface area (Å²) in [5.41, 5.74) is 1.99. The Balaban J connectivity index is 0.00000155. The minimum atomic E-state index is -0.508. The Hall–Kier alpha value is -0.870. The molecule has 4 nitrogen and oxygen atoms in total. The Labute approximate surface area is 186 Å². The van der Waals surface area contributed by atoms with Crippen LogP contribution in [0.3, 0.4) is 0 Å². The Morgan fingerprint density at radius 2 is 1.87 bits per heavy atom. The molecule has 0 aromatic carbocycles. The van der Waals surface area contributed by atoms with Crippen LogP contribution in [0, 0.1) is 22.7 Å². The molecule has 2 saturated heterocycles. The van der Waals surface area contributed by atoms with Crippen molar-refractivity contribution < 1.29 is 9.53 Å². The predicted octanol–water partition coefficient (Wildman–Crippen LogP) is 5.47. The first-order chi connectivity index (χ1) is 14.0. The van der Waals surface area contributed by atoms with Crippen LogP contribution in [0.2, 0.25) is 0 Å². The molecule has 4 aliphatic rings. The molecular formula is C26H48N2O2. The van der Waals surface area contributed by atoms with Crippen LogP contribution in [-0.4, -0.2) is 37.2 Å². The van der Waals surface area contributed by atoms with E-state index in [0.29, 0.717) is 17.9 Å². The van der Waals surface area contributed by atoms with Gasteiger partial charge >= 0.3 is 5.97 Å². The number of piperidine rings is 1. The number of carbonyl (C=O) groups excluding carboxylic acids is 1. The predicted molar refractivity (Wildman–Crippen MR) is 127 cm³/mol. The fourth-order valence-corrected chi connectivity index (χ4v) is 5.85. The summed E-state index contributed by atoms with van der Waals surface area (Å²) >= 11 is 0. The second kappa shape index (κ2) is 9.73. The lowest BCUT2D eigenvalue weighted by molar-refractivity contribution is -0.180. The van der Waals surface area contributed by atoms with Gasteiger partial charge in [0, 0.05) is 12.6 Å². The Bertz CT molecular complexity index is 629. The van der Waals surface area contributed by atoms with Gasteiger partial charge in [-0.1, -0.05) is 38.8 Å². The van der Waals surface area contributed by atoms with Gasteiger partial charge in [0.15, 0.2) is 0 Å². The Morgan fingerprint density at radius 1 is 1.20 bits per heavy atom. The van der Waals surface area contributed by atoms with Crippen molar-refractivity contribution in [3.63, 3.8) is 0 Å². The molecule has 4 heteroatoms. The second-order valence-corrected chi connectivity index (χ2v) is 11.1. The van der Waals surface area contributed by atoms with Crippen LogP contribution in [0.4, 0.5) is 0 Å². The minimum Gasteiger partial charge on any atom is -0.460 e. The van der Waals surface area contributed by atoms with Gasteiger partial charge in [0.1, 0.15) is 5.60 Å². The molecule has 174 valence electrons. The third kappa shape index (κ3) is 4.96.